The molecule has 1 N–H and O–H groups in total. The molecule has 1 aliphatic heterocycles. The third-order valence-electron chi connectivity index (χ3n) is 3.19. The van der Waals surface area contributed by atoms with Crippen LogP contribution in [0.2, 0.25) is 0 Å². The maximum Gasteiger partial charge on any atom is 0.166 e. The predicted molar refractivity (Wildman–Crippen MR) is 70.4 cm³/mol. The smallest absolute Gasteiger partial charge is 0.166 e. The highest BCUT2D eigenvalue weighted by atomic mass is 79.9. The molecule has 0 saturated heterocycles. The standard InChI is InChI=1S/C12H11BrF2N4/c1-5-17-18-11-12(2,3)16-7-4-6(14)8(13)9(15)10(7)19(5)11/h4,16H,1-3H3. The Labute approximate surface area is 117 Å². The monoisotopic (exact) mass is 328 g/mol. The molecular weight excluding hydrogens is 318 g/mol. The second-order valence-corrected chi connectivity index (χ2v) is 5.83. The summed E-state index contributed by atoms with van der Waals surface area (Å²) in [7, 11) is 0. The SMILES string of the molecule is Cc1nnc2n1-c1c(cc(F)c(Br)c1F)NC2(C)C. The van der Waals surface area contributed by atoms with Crippen LogP contribution < -0.4 is 5.32 Å². The molecule has 7 heteroatoms. The first-order valence-electron chi connectivity index (χ1n) is 5.71. The van der Waals surface area contributed by atoms with Gasteiger partial charge >= 0.3 is 0 Å². The van der Waals surface area contributed by atoms with E-state index in [1.165, 1.54) is 6.07 Å². The van der Waals surface area contributed by atoms with E-state index < -0.39 is 17.2 Å². The summed E-state index contributed by atoms with van der Waals surface area (Å²) in [4.78, 5) is 0. The zero-order valence-corrected chi connectivity index (χ0v) is 12.1. The number of hydrogen-bond donors (Lipinski definition) is 1. The van der Waals surface area contributed by atoms with Gasteiger partial charge < -0.3 is 5.32 Å². The average Bonchev–Trinajstić information content (AvgIpc) is 2.69. The minimum absolute atomic E-state index is 0.188. The molecule has 0 atom stereocenters. The molecule has 4 nitrogen and oxygen atoms in total. The van der Waals surface area contributed by atoms with E-state index in [9.17, 15) is 8.78 Å². The summed E-state index contributed by atoms with van der Waals surface area (Å²) < 4.78 is 29.4. The molecule has 0 saturated carbocycles. The van der Waals surface area contributed by atoms with E-state index in [4.69, 9.17) is 0 Å². The Kier molecular flexibility index (Phi) is 2.47. The van der Waals surface area contributed by atoms with Gasteiger partial charge in [0.2, 0.25) is 0 Å². The summed E-state index contributed by atoms with van der Waals surface area (Å²) in [6.45, 7) is 5.50. The quantitative estimate of drug-likeness (QED) is 0.755. The summed E-state index contributed by atoms with van der Waals surface area (Å²) in [6, 6.07) is 1.27. The third kappa shape index (κ3) is 1.60. The van der Waals surface area contributed by atoms with E-state index >= 15 is 0 Å². The molecule has 1 aliphatic rings. The van der Waals surface area contributed by atoms with Crippen LogP contribution in [0, 0.1) is 18.6 Å². The molecule has 19 heavy (non-hydrogen) atoms. The lowest BCUT2D eigenvalue weighted by molar-refractivity contribution is 0.512. The maximum atomic E-state index is 14.3. The second-order valence-electron chi connectivity index (χ2n) is 5.04. The molecule has 0 spiro atoms. The number of anilines is 1. The van der Waals surface area contributed by atoms with Gasteiger partial charge in [-0.2, -0.15) is 0 Å². The van der Waals surface area contributed by atoms with Crippen molar-refractivity contribution in [2.45, 2.75) is 26.3 Å². The van der Waals surface area contributed by atoms with E-state index in [-0.39, 0.29) is 10.2 Å². The van der Waals surface area contributed by atoms with Crippen LogP contribution in [-0.2, 0) is 5.54 Å². The molecule has 0 unspecified atom stereocenters. The summed E-state index contributed by atoms with van der Waals surface area (Å²) in [5.74, 6) is -0.158. The lowest BCUT2D eigenvalue weighted by Crippen LogP contribution is -2.36. The van der Waals surface area contributed by atoms with Crippen LogP contribution in [0.25, 0.3) is 5.69 Å². The van der Waals surface area contributed by atoms with Gasteiger partial charge in [-0.3, -0.25) is 4.57 Å². The van der Waals surface area contributed by atoms with Crippen LogP contribution in [0.15, 0.2) is 10.5 Å². The average molecular weight is 329 g/mol. The first-order chi connectivity index (χ1) is 8.83. The number of benzene rings is 1. The van der Waals surface area contributed by atoms with Crippen LogP contribution in [0.1, 0.15) is 25.5 Å². The molecule has 2 heterocycles. The van der Waals surface area contributed by atoms with Gasteiger partial charge in [0.25, 0.3) is 0 Å². The lowest BCUT2D eigenvalue weighted by Gasteiger charge is -2.34. The number of nitrogens with zero attached hydrogens (tertiary/aromatic N) is 3. The van der Waals surface area contributed by atoms with Gasteiger partial charge in [-0.1, -0.05) is 0 Å². The highest BCUT2D eigenvalue weighted by molar-refractivity contribution is 9.10. The van der Waals surface area contributed by atoms with Gasteiger partial charge in [-0.05, 0) is 36.7 Å². The minimum atomic E-state index is -0.665. The molecule has 2 aromatic rings. The molecule has 1 aromatic carbocycles. The Morgan fingerprint density at radius 1 is 1.32 bits per heavy atom. The molecule has 0 bridgehead atoms. The van der Waals surface area contributed by atoms with E-state index in [1.807, 2.05) is 13.8 Å². The number of nitrogens with one attached hydrogen (secondary N) is 1. The third-order valence-corrected chi connectivity index (χ3v) is 3.92. The van der Waals surface area contributed by atoms with Gasteiger partial charge in [-0.25, -0.2) is 8.78 Å². The lowest BCUT2D eigenvalue weighted by atomic mass is 10.00. The first-order valence-corrected chi connectivity index (χ1v) is 6.51. The zero-order chi connectivity index (χ0) is 13.9. The van der Waals surface area contributed by atoms with Crippen molar-refractivity contribution in [1.82, 2.24) is 14.8 Å². The normalized spacial score (nSPS) is 15.7. The number of aromatic nitrogens is 3. The summed E-state index contributed by atoms with van der Waals surface area (Å²) in [5, 5.41) is 11.1. The Bertz CT molecular complexity index is 694. The molecule has 0 amide bonds. The van der Waals surface area contributed by atoms with Crippen molar-refractivity contribution < 1.29 is 8.78 Å². The Hall–Kier alpha value is -1.50. The van der Waals surface area contributed by atoms with Crippen molar-refractivity contribution in [3.63, 3.8) is 0 Å². The topological polar surface area (TPSA) is 42.7 Å². The van der Waals surface area contributed by atoms with Crippen molar-refractivity contribution in [1.29, 1.82) is 0 Å². The molecule has 100 valence electrons. The fourth-order valence-corrected chi connectivity index (χ4v) is 2.63. The number of rotatable bonds is 0. The van der Waals surface area contributed by atoms with Crippen molar-refractivity contribution in [2.24, 2.45) is 0 Å². The predicted octanol–water partition coefficient (Wildman–Crippen LogP) is 3.28. The van der Waals surface area contributed by atoms with Crippen LogP contribution in [0.5, 0.6) is 0 Å². The molecule has 3 rings (SSSR count). The fourth-order valence-electron chi connectivity index (χ4n) is 2.33. The van der Waals surface area contributed by atoms with Crippen LogP contribution in [-0.4, -0.2) is 14.8 Å². The van der Waals surface area contributed by atoms with Crippen molar-refractivity contribution >= 4 is 21.6 Å². The number of aryl methyl sites for hydroxylation is 1. The highest BCUT2D eigenvalue weighted by Gasteiger charge is 2.36. The van der Waals surface area contributed by atoms with E-state index in [0.717, 1.165) is 0 Å². The van der Waals surface area contributed by atoms with Crippen molar-refractivity contribution in [3.8, 4) is 5.69 Å². The van der Waals surface area contributed by atoms with E-state index in [2.05, 4.69) is 31.4 Å². The summed E-state index contributed by atoms with van der Waals surface area (Å²) in [6.07, 6.45) is 0. The van der Waals surface area contributed by atoms with Gasteiger partial charge in [-0.15, -0.1) is 10.2 Å². The molecule has 0 fully saturated rings. The molecule has 0 radical (unpaired) electrons. The Balaban J connectivity index is 2.42. The largest absolute Gasteiger partial charge is 0.371 e. The van der Waals surface area contributed by atoms with Crippen LogP contribution in [0.4, 0.5) is 14.5 Å². The van der Waals surface area contributed by atoms with Gasteiger partial charge in [0.1, 0.15) is 17.3 Å². The van der Waals surface area contributed by atoms with Crippen molar-refractivity contribution in [3.05, 3.63) is 33.8 Å². The molecule has 0 aliphatic carbocycles. The summed E-state index contributed by atoms with van der Waals surface area (Å²) >= 11 is 2.92. The fraction of sp³-hybridized carbons (Fsp3) is 0.333. The first kappa shape index (κ1) is 12.5. The van der Waals surface area contributed by atoms with Crippen LogP contribution >= 0.6 is 15.9 Å². The van der Waals surface area contributed by atoms with Crippen molar-refractivity contribution in [2.75, 3.05) is 5.32 Å². The van der Waals surface area contributed by atoms with E-state index in [0.29, 0.717) is 17.3 Å². The maximum absolute atomic E-state index is 14.3. The van der Waals surface area contributed by atoms with E-state index in [1.54, 1.807) is 11.5 Å². The molecular formula is C12H11BrF2N4. The van der Waals surface area contributed by atoms with Crippen LogP contribution in [0.3, 0.4) is 0 Å². The zero-order valence-electron chi connectivity index (χ0n) is 10.6. The second kappa shape index (κ2) is 3.75. The van der Waals surface area contributed by atoms with Gasteiger partial charge in [0, 0.05) is 6.07 Å². The van der Waals surface area contributed by atoms with Gasteiger partial charge in [0.05, 0.1) is 15.7 Å². The molecule has 1 aromatic heterocycles. The van der Waals surface area contributed by atoms with Gasteiger partial charge in [0.15, 0.2) is 11.6 Å². The number of fused-ring (bicyclic) bond motifs is 3. The minimum Gasteiger partial charge on any atom is -0.371 e. The Morgan fingerprint density at radius 2 is 2.00 bits per heavy atom. The highest BCUT2D eigenvalue weighted by Crippen LogP contribution is 2.40. The number of hydrogen-bond acceptors (Lipinski definition) is 3. The Morgan fingerprint density at radius 3 is 2.68 bits per heavy atom. The summed E-state index contributed by atoms with van der Waals surface area (Å²) in [5.41, 5.74) is 0.0738. The number of halogens is 3.